The molecule has 0 aromatic heterocycles. The molecule has 57 heavy (non-hydrogen) atoms. The second-order valence-electron chi connectivity index (χ2n) is 14.7. The van der Waals surface area contributed by atoms with E-state index in [1.807, 2.05) is 27.7 Å². The molecule has 0 rings (SSSR count). The topological polar surface area (TPSA) is 220 Å². The Bertz CT molecular complexity index is 1190. The molecule has 0 aromatic carbocycles. The summed E-state index contributed by atoms with van der Waals surface area (Å²) in [6.45, 7) is 16.5. The van der Waals surface area contributed by atoms with Crippen LogP contribution in [0.25, 0.3) is 0 Å². The summed E-state index contributed by atoms with van der Waals surface area (Å²) >= 11 is 0. The third-order valence-electron chi connectivity index (χ3n) is 9.98. The molecule has 0 saturated heterocycles. The van der Waals surface area contributed by atoms with Gasteiger partial charge in [-0.05, 0) is 49.4 Å². The van der Waals surface area contributed by atoms with Gasteiger partial charge in [0, 0.05) is 0 Å². The third kappa shape index (κ3) is 30.0. The monoisotopic (exact) mass is 905 g/mol. The molecule has 0 aliphatic heterocycles. The third-order valence-corrected chi connectivity index (χ3v) is 12.1. The maximum atomic E-state index is 12.1. The van der Waals surface area contributed by atoms with Gasteiger partial charge < -0.3 is 28.1 Å². The van der Waals surface area contributed by atoms with Gasteiger partial charge in [-0.3, -0.25) is 19.2 Å². The van der Waals surface area contributed by atoms with Crippen molar-refractivity contribution in [3.8, 4) is 0 Å². The number of hydrogen-bond acceptors (Lipinski definition) is 14. The van der Waals surface area contributed by atoms with E-state index in [9.17, 15) is 45.1 Å². The summed E-state index contributed by atoms with van der Waals surface area (Å²) in [6, 6.07) is 0. The standard InChI is InChI=1S/2C20H38O7S.Cu/c2*1-5-9-11-16(7-3)14-26-19(21)13-18(28(23,24)25)20(22)27-15-17(8-4)12-10-6-2;/h2*16-18H,5-15H2,1-4H3,(H,23,24,25);/q;;+2/p-2. The van der Waals surface area contributed by atoms with Crippen molar-refractivity contribution < 1.29 is 81.1 Å². The Hall–Kier alpha value is -1.78. The Balaban J connectivity index is -0.00000101. The summed E-state index contributed by atoms with van der Waals surface area (Å²) < 4.78 is 89.1. The van der Waals surface area contributed by atoms with Crippen molar-refractivity contribution in [1.29, 1.82) is 0 Å². The molecule has 0 bridgehead atoms. The van der Waals surface area contributed by atoms with Crippen LogP contribution in [0.3, 0.4) is 0 Å². The van der Waals surface area contributed by atoms with E-state index < -0.39 is 67.5 Å². The Morgan fingerprint density at radius 2 is 0.667 bits per heavy atom. The van der Waals surface area contributed by atoms with Crippen LogP contribution in [-0.2, 0) is 75.4 Å². The van der Waals surface area contributed by atoms with E-state index in [2.05, 4.69) is 27.7 Å². The van der Waals surface area contributed by atoms with Crippen molar-refractivity contribution in [3.05, 3.63) is 0 Å². The fourth-order valence-corrected chi connectivity index (χ4v) is 6.91. The van der Waals surface area contributed by atoms with Crippen molar-refractivity contribution in [2.24, 2.45) is 23.7 Å². The normalized spacial score (nSPS) is 14.6. The maximum absolute atomic E-state index is 12.1. The predicted molar refractivity (Wildman–Crippen MR) is 213 cm³/mol. The molecule has 0 amide bonds. The summed E-state index contributed by atoms with van der Waals surface area (Å²) in [4.78, 5) is 48.3. The Kier molecular flexibility index (Phi) is 36.6. The average molecular weight is 907 g/mol. The Labute approximate surface area is 355 Å². The number of carbonyl (C=O) groups is 4. The number of unbranched alkanes of at least 4 members (excludes halogenated alkanes) is 4. The molecule has 1 radical (unpaired) electrons. The molecule has 341 valence electrons. The van der Waals surface area contributed by atoms with E-state index in [4.69, 9.17) is 18.9 Å². The van der Waals surface area contributed by atoms with E-state index in [1.54, 1.807) is 0 Å². The molecule has 14 nitrogen and oxygen atoms in total. The Morgan fingerprint density at radius 3 is 0.860 bits per heavy atom. The predicted octanol–water partition coefficient (Wildman–Crippen LogP) is 7.62. The summed E-state index contributed by atoms with van der Waals surface area (Å²) in [5, 5.41) is -4.11. The second-order valence-corrected chi connectivity index (χ2v) is 17.8. The molecular weight excluding hydrogens is 832 g/mol. The van der Waals surface area contributed by atoms with Crippen LogP contribution in [0.2, 0.25) is 0 Å². The first kappa shape index (κ1) is 59.5. The molecule has 0 fully saturated rings. The molecule has 0 aromatic rings. The minimum Gasteiger partial charge on any atom is -0.747 e. The van der Waals surface area contributed by atoms with Crippen molar-refractivity contribution in [1.82, 2.24) is 0 Å². The molecule has 6 atom stereocenters. The SMILES string of the molecule is CCCCC(CC)COC(=O)CC(C(=O)OCC(CC)CCCC)S(=O)(=O)[O-].CCCCC(CC)COC(=O)CC(C(=O)OCC(CC)CCCC)S(=O)(=O)[O-].[Cu+2]. The van der Waals surface area contributed by atoms with Gasteiger partial charge >= 0.3 is 40.9 Å². The molecule has 0 aliphatic carbocycles. The van der Waals surface area contributed by atoms with Crippen molar-refractivity contribution >= 4 is 44.1 Å². The van der Waals surface area contributed by atoms with Gasteiger partial charge in [-0.1, -0.05) is 132 Å². The van der Waals surface area contributed by atoms with E-state index in [0.717, 1.165) is 103 Å². The van der Waals surface area contributed by atoms with Crippen molar-refractivity contribution in [2.75, 3.05) is 26.4 Å². The van der Waals surface area contributed by atoms with Crippen LogP contribution >= 0.6 is 0 Å². The van der Waals surface area contributed by atoms with Crippen LogP contribution in [-0.4, -0.2) is 86.7 Å². The molecule has 0 spiro atoms. The summed E-state index contributed by atoms with van der Waals surface area (Å²) in [5.74, 6) is -3.49. The zero-order valence-corrected chi connectivity index (χ0v) is 38.4. The number of ether oxygens (including phenoxy) is 4. The molecule has 0 N–H and O–H groups in total. The number of rotatable bonds is 32. The van der Waals surface area contributed by atoms with Gasteiger partial charge in [-0.25, -0.2) is 16.8 Å². The summed E-state index contributed by atoms with van der Waals surface area (Å²) in [7, 11) is -10.0. The van der Waals surface area contributed by atoms with Gasteiger partial charge in [-0.2, -0.15) is 0 Å². The number of hydrogen-bond donors (Lipinski definition) is 0. The van der Waals surface area contributed by atoms with Crippen LogP contribution in [0.15, 0.2) is 0 Å². The van der Waals surface area contributed by atoms with Gasteiger partial charge in [0.05, 0.1) is 39.3 Å². The first-order valence-electron chi connectivity index (χ1n) is 20.9. The van der Waals surface area contributed by atoms with Crippen molar-refractivity contribution in [2.45, 2.75) is 181 Å². The van der Waals surface area contributed by atoms with Gasteiger partial charge in [0.15, 0.2) is 10.5 Å². The first-order valence-corrected chi connectivity index (χ1v) is 23.9. The molecule has 6 unspecified atom stereocenters. The van der Waals surface area contributed by atoms with E-state index in [-0.39, 0.29) is 67.2 Å². The van der Waals surface area contributed by atoms with Crippen LogP contribution in [0.4, 0.5) is 0 Å². The zero-order chi connectivity index (χ0) is 43.2. The van der Waals surface area contributed by atoms with Gasteiger partial charge in [0.25, 0.3) is 0 Å². The van der Waals surface area contributed by atoms with Gasteiger partial charge in [0.1, 0.15) is 20.2 Å². The van der Waals surface area contributed by atoms with Gasteiger partial charge in [-0.15, -0.1) is 0 Å². The molecule has 0 saturated carbocycles. The summed E-state index contributed by atoms with van der Waals surface area (Å²) in [6.07, 6.45) is 13.2. The minimum atomic E-state index is -5.01. The fraction of sp³-hybridized carbons (Fsp3) is 0.900. The van der Waals surface area contributed by atoms with E-state index in [1.165, 1.54) is 0 Å². The van der Waals surface area contributed by atoms with Crippen LogP contribution < -0.4 is 0 Å². The fourth-order valence-electron chi connectivity index (χ4n) is 5.63. The quantitative estimate of drug-likeness (QED) is 0.0275. The second kappa shape index (κ2) is 35.0. The number of carbonyl (C=O) groups excluding carboxylic acids is 4. The van der Waals surface area contributed by atoms with Crippen molar-refractivity contribution in [3.63, 3.8) is 0 Å². The smallest absolute Gasteiger partial charge is 0.747 e. The first-order chi connectivity index (χ1) is 26.4. The minimum absolute atomic E-state index is 0. The molecular formula is C40H74CuO14S2. The van der Waals surface area contributed by atoms with Crippen LogP contribution in [0, 0.1) is 23.7 Å². The summed E-state index contributed by atoms with van der Waals surface area (Å²) in [5.41, 5.74) is 0. The average Bonchev–Trinajstić information content (AvgIpc) is 3.15. The van der Waals surface area contributed by atoms with E-state index >= 15 is 0 Å². The largest absolute Gasteiger partial charge is 2.00 e. The number of esters is 4. The van der Waals surface area contributed by atoms with E-state index in [0.29, 0.717) is 0 Å². The maximum Gasteiger partial charge on any atom is 2.00 e. The van der Waals surface area contributed by atoms with Gasteiger partial charge in [0.2, 0.25) is 0 Å². The Morgan fingerprint density at radius 1 is 0.439 bits per heavy atom. The molecule has 17 heteroatoms. The zero-order valence-electron chi connectivity index (χ0n) is 35.9. The molecule has 0 aliphatic rings. The molecule has 0 heterocycles. The van der Waals surface area contributed by atoms with Crippen LogP contribution in [0.5, 0.6) is 0 Å². The van der Waals surface area contributed by atoms with Crippen LogP contribution in [0.1, 0.15) is 171 Å².